The molecule has 0 aliphatic rings. The van der Waals surface area contributed by atoms with E-state index in [1.54, 1.807) is 0 Å². The predicted molar refractivity (Wildman–Crippen MR) is 95.9 cm³/mol. The highest BCUT2D eigenvalue weighted by molar-refractivity contribution is 5.85. The molecule has 23 heavy (non-hydrogen) atoms. The van der Waals surface area contributed by atoms with Crippen molar-refractivity contribution >= 4 is 18.3 Å². The lowest BCUT2D eigenvalue weighted by Crippen LogP contribution is -2.32. The summed E-state index contributed by atoms with van der Waals surface area (Å²) < 4.78 is 5.79. The Balaban J connectivity index is 0.00000264. The second-order valence-corrected chi connectivity index (χ2v) is 5.23. The van der Waals surface area contributed by atoms with Crippen molar-refractivity contribution in [2.45, 2.75) is 26.2 Å². The van der Waals surface area contributed by atoms with Crippen molar-refractivity contribution in [1.29, 1.82) is 0 Å². The molecule has 0 spiro atoms. The number of aryl methyl sites for hydroxylation is 1. The van der Waals surface area contributed by atoms with E-state index >= 15 is 0 Å². The van der Waals surface area contributed by atoms with Gasteiger partial charge in [0.1, 0.15) is 11.5 Å². The molecule has 2 rings (SSSR count). The summed E-state index contributed by atoms with van der Waals surface area (Å²) in [6, 6.07) is 13.9. The van der Waals surface area contributed by atoms with Crippen LogP contribution in [0.5, 0.6) is 0 Å². The topological polar surface area (TPSA) is 54.3 Å². The van der Waals surface area contributed by atoms with Crippen molar-refractivity contribution in [2.75, 3.05) is 19.6 Å². The fourth-order valence-corrected chi connectivity index (χ4v) is 2.19. The Labute approximate surface area is 144 Å². The van der Waals surface area contributed by atoms with E-state index in [2.05, 4.69) is 17.6 Å². The number of carbonyl (C=O) groups excluding carboxylic acids is 1. The van der Waals surface area contributed by atoms with Crippen molar-refractivity contribution in [2.24, 2.45) is 0 Å². The fourth-order valence-electron chi connectivity index (χ4n) is 2.19. The zero-order chi connectivity index (χ0) is 15.6. The first-order valence-electron chi connectivity index (χ1n) is 7.91. The molecule has 0 radical (unpaired) electrons. The van der Waals surface area contributed by atoms with Crippen molar-refractivity contribution in [3.05, 3.63) is 48.2 Å². The number of halogens is 1. The van der Waals surface area contributed by atoms with Crippen LogP contribution < -0.4 is 10.6 Å². The molecule has 2 aromatic rings. The molecule has 0 bridgehead atoms. The zero-order valence-corrected chi connectivity index (χ0v) is 14.3. The molecular formula is C18H25ClN2O2. The van der Waals surface area contributed by atoms with Gasteiger partial charge < -0.3 is 15.1 Å². The minimum atomic E-state index is 0. The van der Waals surface area contributed by atoms with Crippen LogP contribution in [0.15, 0.2) is 46.9 Å². The fraction of sp³-hybridized carbons (Fsp3) is 0.389. The molecule has 0 aliphatic carbocycles. The van der Waals surface area contributed by atoms with Crippen LogP contribution in [0.2, 0.25) is 0 Å². The summed E-state index contributed by atoms with van der Waals surface area (Å²) in [6.45, 7) is 4.61. The first-order chi connectivity index (χ1) is 10.8. The minimum Gasteiger partial charge on any atom is -0.461 e. The summed E-state index contributed by atoms with van der Waals surface area (Å²) in [5.74, 6) is 1.76. The molecule has 2 N–H and O–H groups in total. The van der Waals surface area contributed by atoms with E-state index in [4.69, 9.17) is 4.42 Å². The van der Waals surface area contributed by atoms with Crippen molar-refractivity contribution in [1.82, 2.24) is 10.6 Å². The Kier molecular flexibility index (Phi) is 9.10. The number of hydrogen-bond acceptors (Lipinski definition) is 3. The van der Waals surface area contributed by atoms with Crippen LogP contribution in [-0.2, 0) is 11.2 Å². The van der Waals surface area contributed by atoms with E-state index in [0.29, 0.717) is 19.4 Å². The lowest BCUT2D eigenvalue weighted by Gasteiger charge is -2.05. The van der Waals surface area contributed by atoms with Gasteiger partial charge in [-0.15, -0.1) is 12.4 Å². The molecule has 0 saturated carbocycles. The second kappa shape index (κ2) is 10.9. The molecule has 1 aromatic carbocycles. The third-order valence-corrected chi connectivity index (χ3v) is 3.37. The molecule has 0 aliphatic heterocycles. The van der Waals surface area contributed by atoms with Crippen molar-refractivity contribution in [3.8, 4) is 11.3 Å². The Morgan fingerprint density at radius 1 is 1.04 bits per heavy atom. The normalized spacial score (nSPS) is 10.1. The Hall–Kier alpha value is -1.78. The lowest BCUT2D eigenvalue weighted by atomic mass is 10.2. The molecule has 4 nitrogen and oxygen atoms in total. The van der Waals surface area contributed by atoms with E-state index < -0.39 is 0 Å². The van der Waals surface area contributed by atoms with Gasteiger partial charge in [-0.2, -0.15) is 0 Å². The Bertz CT molecular complexity index is 569. The van der Waals surface area contributed by atoms with Gasteiger partial charge in [-0.1, -0.05) is 37.3 Å². The molecule has 0 fully saturated rings. The van der Waals surface area contributed by atoms with Crippen molar-refractivity contribution < 1.29 is 9.21 Å². The lowest BCUT2D eigenvalue weighted by molar-refractivity contribution is -0.121. The smallest absolute Gasteiger partial charge is 0.220 e. The SMILES string of the molecule is CCCNCCNC(=O)CCc1ccc(-c2ccccc2)o1.Cl. The average Bonchev–Trinajstić information content (AvgIpc) is 3.02. The van der Waals surface area contributed by atoms with Crippen LogP contribution in [0.3, 0.4) is 0 Å². The average molecular weight is 337 g/mol. The maximum absolute atomic E-state index is 11.7. The van der Waals surface area contributed by atoms with Crippen LogP contribution >= 0.6 is 12.4 Å². The van der Waals surface area contributed by atoms with E-state index in [1.807, 2.05) is 42.5 Å². The third-order valence-electron chi connectivity index (χ3n) is 3.37. The third kappa shape index (κ3) is 6.89. The molecule has 1 heterocycles. The van der Waals surface area contributed by atoms with Gasteiger partial charge in [0.2, 0.25) is 5.91 Å². The number of furan rings is 1. The largest absolute Gasteiger partial charge is 0.461 e. The van der Waals surface area contributed by atoms with Gasteiger partial charge in [-0.3, -0.25) is 4.79 Å². The molecular weight excluding hydrogens is 312 g/mol. The standard InChI is InChI=1S/C18H24N2O2.ClH/c1-2-12-19-13-14-20-18(21)11-9-16-8-10-17(22-16)15-6-4-3-5-7-15;/h3-8,10,19H,2,9,11-14H2,1H3,(H,20,21);1H. The van der Waals surface area contributed by atoms with Crippen molar-refractivity contribution in [3.63, 3.8) is 0 Å². The summed E-state index contributed by atoms with van der Waals surface area (Å²) in [7, 11) is 0. The van der Waals surface area contributed by atoms with Gasteiger partial charge in [0, 0.05) is 31.5 Å². The van der Waals surface area contributed by atoms with E-state index in [0.717, 1.165) is 36.6 Å². The second-order valence-electron chi connectivity index (χ2n) is 5.23. The monoisotopic (exact) mass is 336 g/mol. The number of nitrogens with one attached hydrogen (secondary N) is 2. The summed E-state index contributed by atoms with van der Waals surface area (Å²) in [6.07, 6.45) is 2.19. The van der Waals surface area contributed by atoms with E-state index in [9.17, 15) is 4.79 Å². The van der Waals surface area contributed by atoms with Gasteiger partial charge in [-0.25, -0.2) is 0 Å². The Morgan fingerprint density at radius 3 is 2.57 bits per heavy atom. The number of carbonyl (C=O) groups is 1. The zero-order valence-electron chi connectivity index (χ0n) is 13.5. The summed E-state index contributed by atoms with van der Waals surface area (Å²) in [5.41, 5.74) is 1.06. The van der Waals surface area contributed by atoms with Gasteiger partial charge >= 0.3 is 0 Å². The van der Waals surface area contributed by atoms with Gasteiger partial charge in [-0.05, 0) is 25.1 Å². The predicted octanol–water partition coefficient (Wildman–Crippen LogP) is 3.42. The first-order valence-corrected chi connectivity index (χ1v) is 7.91. The van der Waals surface area contributed by atoms with Crippen LogP contribution in [0, 0.1) is 0 Å². The van der Waals surface area contributed by atoms with E-state index in [1.165, 1.54) is 0 Å². The molecule has 0 atom stereocenters. The van der Waals surface area contributed by atoms with Gasteiger partial charge in [0.25, 0.3) is 0 Å². The Morgan fingerprint density at radius 2 is 1.83 bits per heavy atom. The molecule has 0 unspecified atom stereocenters. The minimum absolute atomic E-state index is 0. The van der Waals surface area contributed by atoms with Crippen LogP contribution in [0.1, 0.15) is 25.5 Å². The summed E-state index contributed by atoms with van der Waals surface area (Å²) >= 11 is 0. The highest BCUT2D eigenvalue weighted by Crippen LogP contribution is 2.22. The number of benzene rings is 1. The first kappa shape index (κ1) is 19.3. The van der Waals surface area contributed by atoms with E-state index in [-0.39, 0.29) is 18.3 Å². The van der Waals surface area contributed by atoms with Gasteiger partial charge in [0.05, 0.1) is 0 Å². The van der Waals surface area contributed by atoms with Crippen LogP contribution in [0.4, 0.5) is 0 Å². The van der Waals surface area contributed by atoms with Gasteiger partial charge in [0.15, 0.2) is 0 Å². The maximum atomic E-state index is 11.7. The summed E-state index contributed by atoms with van der Waals surface area (Å²) in [4.78, 5) is 11.7. The number of rotatable bonds is 9. The number of amides is 1. The quantitative estimate of drug-likeness (QED) is 0.690. The summed E-state index contributed by atoms with van der Waals surface area (Å²) in [5, 5.41) is 6.16. The van der Waals surface area contributed by atoms with Crippen LogP contribution in [0.25, 0.3) is 11.3 Å². The molecule has 0 saturated heterocycles. The molecule has 126 valence electrons. The highest BCUT2D eigenvalue weighted by atomic mass is 35.5. The van der Waals surface area contributed by atoms with Crippen LogP contribution in [-0.4, -0.2) is 25.5 Å². The molecule has 5 heteroatoms. The molecule has 1 amide bonds. The molecule has 1 aromatic heterocycles. The highest BCUT2D eigenvalue weighted by Gasteiger charge is 2.07. The maximum Gasteiger partial charge on any atom is 0.220 e. The number of hydrogen-bond donors (Lipinski definition) is 2.